The zero-order chi connectivity index (χ0) is 40.7. The first-order valence-electron chi connectivity index (χ1n) is 22.4. The number of piperidine rings is 6. The average molecular weight is 807 g/mol. The molecule has 6 unspecified atom stereocenters. The van der Waals surface area contributed by atoms with Gasteiger partial charge in [0.1, 0.15) is 11.5 Å². The lowest BCUT2D eigenvalue weighted by Gasteiger charge is -2.52. The minimum absolute atomic E-state index is 0.0994. The fraction of sp³-hybridized carbons (Fsp3) is 0.480. The lowest BCUT2D eigenvalue weighted by atomic mass is 9.70. The van der Waals surface area contributed by atoms with Crippen LogP contribution in [-0.4, -0.2) is 95.7 Å². The Morgan fingerprint density at radius 2 is 1.07 bits per heavy atom. The molecule has 10 nitrogen and oxygen atoms in total. The highest BCUT2D eigenvalue weighted by atomic mass is 16.5. The summed E-state index contributed by atoms with van der Waals surface area (Å²) in [6.07, 6.45) is 11.2. The van der Waals surface area contributed by atoms with E-state index in [1.165, 1.54) is 49.7 Å². The average Bonchev–Trinajstić information content (AvgIpc) is 3.32. The molecule has 0 saturated carbocycles. The summed E-state index contributed by atoms with van der Waals surface area (Å²) in [6, 6.07) is 25.7. The largest absolute Gasteiger partial charge is 0.497 e. The molecular formula is C50H58N6O4. The van der Waals surface area contributed by atoms with Gasteiger partial charge in [0.25, 0.3) is 0 Å². The molecule has 3 aromatic heterocycles. The maximum atomic E-state index is 6.89. The minimum Gasteiger partial charge on any atom is -0.497 e. The second-order valence-electron chi connectivity index (χ2n) is 17.8. The Morgan fingerprint density at radius 3 is 1.47 bits per heavy atom. The van der Waals surface area contributed by atoms with E-state index in [-0.39, 0.29) is 11.8 Å². The molecule has 12 rings (SSSR count). The van der Waals surface area contributed by atoms with Crippen molar-refractivity contribution >= 4 is 32.6 Å². The van der Waals surface area contributed by atoms with Crippen LogP contribution in [0.1, 0.15) is 75.3 Å². The number of hydrogen-bond acceptors (Lipinski definition) is 10. The molecule has 0 N–H and O–H groups in total. The molecule has 10 heteroatoms. The molecule has 312 valence electrons. The van der Waals surface area contributed by atoms with Crippen molar-refractivity contribution in [1.82, 2.24) is 30.0 Å². The van der Waals surface area contributed by atoms with Gasteiger partial charge in [-0.15, -0.1) is 10.2 Å². The van der Waals surface area contributed by atoms with Gasteiger partial charge in [-0.2, -0.15) is 0 Å². The molecule has 0 spiro atoms. The molecule has 6 fully saturated rings. The Balaban J connectivity index is 0.967. The Hall–Kier alpha value is -5.06. The van der Waals surface area contributed by atoms with Crippen LogP contribution in [0.2, 0.25) is 0 Å². The van der Waals surface area contributed by atoms with Crippen molar-refractivity contribution in [2.45, 2.75) is 76.3 Å². The zero-order valence-corrected chi connectivity index (χ0v) is 35.5. The summed E-state index contributed by atoms with van der Waals surface area (Å²) in [6.45, 7) is 10.2. The monoisotopic (exact) mass is 806 g/mol. The smallest absolute Gasteiger partial charge is 0.241 e. The van der Waals surface area contributed by atoms with E-state index in [1.807, 2.05) is 36.7 Å². The third-order valence-corrected chi connectivity index (χ3v) is 15.0. The van der Waals surface area contributed by atoms with Gasteiger partial charge >= 0.3 is 0 Å². The summed E-state index contributed by atoms with van der Waals surface area (Å²) >= 11 is 0. The van der Waals surface area contributed by atoms with Gasteiger partial charge < -0.3 is 18.9 Å². The molecule has 9 heterocycles. The summed E-state index contributed by atoms with van der Waals surface area (Å²) < 4.78 is 25.2. The zero-order valence-electron chi connectivity index (χ0n) is 35.5. The Bertz CT molecular complexity index is 2310. The summed E-state index contributed by atoms with van der Waals surface area (Å²) in [5.41, 5.74) is 4.42. The van der Waals surface area contributed by atoms with E-state index in [4.69, 9.17) is 39.1 Å². The highest BCUT2D eigenvalue weighted by Gasteiger charge is 2.45. The van der Waals surface area contributed by atoms with Crippen LogP contribution in [0.3, 0.4) is 0 Å². The normalized spacial score (nSPS) is 26.9. The van der Waals surface area contributed by atoms with Crippen LogP contribution in [0, 0.1) is 23.7 Å². The van der Waals surface area contributed by atoms with Crippen molar-refractivity contribution in [3.05, 3.63) is 96.3 Å². The number of hydrogen-bond donors (Lipinski definition) is 0. The van der Waals surface area contributed by atoms with Crippen LogP contribution >= 0.6 is 0 Å². The van der Waals surface area contributed by atoms with Crippen molar-refractivity contribution in [2.75, 3.05) is 53.6 Å². The van der Waals surface area contributed by atoms with Crippen molar-refractivity contribution in [3.8, 4) is 23.3 Å². The number of fused-ring (bicyclic) bond motifs is 9. The van der Waals surface area contributed by atoms with Crippen molar-refractivity contribution in [1.29, 1.82) is 0 Å². The molecule has 3 aromatic carbocycles. The molecule has 6 aromatic rings. The molecule has 4 bridgehead atoms. The van der Waals surface area contributed by atoms with Gasteiger partial charge in [0.05, 0.1) is 49.2 Å². The third-order valence-electron chi connectivity index (χ3n) is 15.0. The third kappa shape index (κ3) is 7.19. The van der Waals surface area contributed by atoms with Gasteiger partial charge in [-0.25, -0.2) is 0 Å². The lowest BCUT2D eigenvalue weighted by molar-refractivity contribution is -0.0177. The van der Waals surface area contributed by atoms with Gasteiger partial charge in [0, 0.05) is 60.2 Å². The number of benzene rings is 3. The predicted molar refractivity (Wildman–Crippen MR) is 236 cm³/mol. The van der Waals surface area contributed by atoms with Gasteiger partial charge in [-0.05, 0) is 134 Å². The highest BCUT2D eigenvalue weighted by Crippen LogP contribution is 2.46. The molecule has 6 aliphatic heterocycles. The van der Waals surface area contributed by atoms with Gasteiger partial charge in [-0.3, -0.25) is 19.8 Å². The fourth-order valence-electron chi connectivity index (χ4n) is 11.7. The van der Waals surface area contributed by atoms with E-state index in [1.54, 1.807) is 14.2 Å². The molecule has 0 radical (unpaired) electrons. The Labute approximate surface area is 353 Å². The summed E-state index contributed by atoms with van der Waals surface area (Å²) in [4.78, 5) is 15.0. The van der Waals surface area contributed by atoms with E-state index in [9.17, 15) is 0 Å². The predicted octanol–water partition coefficient (Wildman–Crippen LogP) is 9.31. The number of ether oxygens (including phenoxy) is 4. The Morgan fingerprint density at radius 1 is 0.600 bits per heavy atom. The maximum Gasteiger partial charge on any atom is 0.241 e. The standard InChI is InChI=1S/C50H58N6O4/c1-5-31-27-55-21-17-33(31)23-47(55)43(37-15-19-51-45-13-11-35(57-3)25-41(37)45)29-59-49-39-9-7-8-10-40(39)50(54-53-49)60-30-44(48-24-34-18-22-56(48)28-32(34)6-2)38-16-20-52-46-14-12-36(58-4)26-42(38)46/h7-16,19-20,25-26,31-34,43-44,47-48H,5-6,17-18,21-24,27-30H2,1-4H3/t31?,32?,33?,34?,43-,44-,47+,48+/m0/s1. The molecule has 0 amide bonds. The maximum absolute atomic E-state index is 6.89. The SMILES string of the molecule is CCC1CN2CCC1C[C@@H]2[C@@H](COc1nnc(OC[C@@H](c2ccnc3ccc(OC)cc23)[C@H]2CC3CCN2CC3CC)c2ccccc12)c1ccnc2ccc(OC)cc12. The van der Waals surface area contributed by atoms with Crippen LogP contribution in [0.4, 0.5) is 0 Å². The summed E-state index contributed by atoms with van der Waals surface area (Å²) in [7, 11) is 3.45. The van der Waals surface area contributed by atoms with Gasteiger partial charge in [-0.1, -0.05) is 38.8 Å². The van der Waals surface area contributed by atoms with E-state index in [2.05, 4.69) is 72.2 Å². The van der Waals surface area contributed by atoms with E-state index in [0.29, 0.717) is 37.1 Å². The van der Waals surface area contributed by atoms with E-state index < -0.39 is 0 Å². The van der Waals surface area contributed by atoms with Gasteiger partial charge in [0.15, 0.2) is 0 Å². The van der Waals surface area contributed by atoms with E-state index in [0.717, 1.165) is 93.9 Å². The van der Waals surface area contributed by atoms with Crippen LogP contribution in [0.25, 0.3) is 32.6 Å². The molecule has 6 aliphatic rings. The number of methoxy groups -OCH3 is 2. The molecule has 6 saturated heterocycles. The van der Waals surface area contributed by atoms with Crippen molar-refractivity contribution in [2.24, 2.45) is 23.7 Å². The molecular weight excluding hydrogens is 749 g/mol. The number of rotatable bonds is 14. The number of pyridine rings is 2. The number of aromatic nitrogens is 4. The highest BCUT2D eigenvalue weighted by molar-refractivity contribution is 5.90. The first-order valence-corrected chi connectivity index (χ1v) is 22.4. The molecule has 60 heavy (non-hydrogen) atoms. The van der Waals surface area contributed by atoms with Crippen molar-refractivity contribution < 1.29 is 18.9 Å². The lowest BCUT2D eigenvalue weighted by Crippen LogP contribution is -2.55. The summed E-state index contributed by atoms with van der Waals surface area (Å²) in [5, 5.41) is 13.6. The van der Waals surface area contributed by atoms with Crippen LogP contribution in [0.15, 0.2) is 85.2 Å². The quantitative estimate of drug-likeness (QED) is 0.106. The van der Waals surface area contributed by atoms with Gasteiger partial charge in [0.2, 0.25) is 11.8 Å². The number of nitrogens with zero attached hydrogens (tertiary/aromatic N) is 6. The second-order valence-corrected chi connectivity index (χ2v) is 17.8. The Kier molecular flexibility index (Phi) is 10.9. The minimum atomic E-state index is 0.0994. The topological polar surface area (TPSA) is 95.0 Å². The first-order chi connectivity index (χ1) is 29.5. The molecule has 0 aliphatic carbocycles. The van der Waals surface area contributed by atoms with Crippen LogP contribution in [0.5, 0.6) is 23.3 Å². The first kappa shape index (κ1) is 39.1. The van der Waals surface area contributed by atoms with E-state index >= 15 is 0 Å². The van der Waals surface area contributed by atoms with Crippen LogP contribution < -0.4 is 18.9 Å². The fourth-order valence-corrected chi connectivity index (χ4v) is 11.7. The van der Waals surface area contributed by atoms with Crippen molar-refractivity contribution in [3.63, 3.8) is 0 Å². The van der Waals surface area contributed by atoms with Crippen LogP contribution in [-0.2, 0) is 0 Å². The molecule has 10 atom stereocenters. The second kappa shape index (κ2) is 16.8. The summed E-state index contributed by atoms with van der Waals surface area (Å²) in [5.74, 6) is 5.91.